The summed E-state index contributed by atoms with van der Waals surface area (Å²) in [7, 11) is 0. The first kappa shape index (κ1) is 20.7. The Hall–Kier alpha value is -3.18. The van der Waals surface area contributed by atoms with E-state index < -0.39 is 18.2 Å². The Labute approximate surface area is 188 Å². The molecule has 3 aliphatic rings. The van der Waals surface area contributed by atoms with E-state index in [1.807, 2.05) is 37.3 Å². The van der Waals surface area contributed by atoms with Crippen LogP contribution in [0.15, 0.2) is 78.4 Å². The molecule has 2 heterocycles. The van der Waals surface area contributed by atoms with Crippen LogP contribution in [0.4, 0.5) is 0 Å². The third-order valence-electron chi connectivity index (χ3n) is 6.95. The van der Waals surface area contributed by atoms with Gasteiger partial charge in [-0.05, 0) is 49.4 Å². The molecule has 1 N–H and O–H groups in total. The summed E-state index contributed by atoms with van der Waals surface area (Å²) in [4.78, 5) is 25.7. The fraction of sp³-hybridized carbons (Fsp3) is 0.333. The number of benzene rings is 2. The van der Waals surface area contributed by atoms with Crippen molar-refractivity contribution >= 4 is 11.9 Å². The molecule has 2 aliphatic heterocycles. The normalized spacial score (nSPS) is 30.2. The number of ether oxygens (including phenoxy) is 2. The molecule has 0 aromatic heterocycles. The van der Waals surface area contributed by atoms with Crippen LogP contribution in [0.1, 0.15) is 41.3 Å². The predicted molar refractivity (Wildman–Crippen MR) is 121 cm³/mol. The third-order valence-corrected chi connectivity index (χ3v) is 6.95. The molecule has 2 fully saturated rings. The molecule has 164 valence electrons. The van der Waals surface area contributed by atoms with Gasteiger partial charge in [-0.3, -0.25) is 0 Å². The number of hydrogen-bond acceptors (Lipinski definition) is 5. The number of nitrogens with one attached hydrogen (secondary N) is 1. The fourth-order valence-electron chi connectivity index (χ4n) is 5.53. The number of rotatable bonds is 5. The minimum atomic E-state index is -0.543. The highest BCUT2D eigenvalue weighted by Gasteiger charge is 2.63. The average Bonchev–Trinajstić information content (AvgIpc) is 3.47. The summed E-state index contributed by atoms with van der Waals surface area (Å²) in [6.45, 7) is 3.63. The first-order valence-corrected chi connectivity index (χ1v) is 11.2. The molecule has 2 aromatic rings. The quantitative estimate of drug-likeness (QED) is 0.443. The molecule has 2 aromatic carbocycles. The minimum Gasteiger partial charge on any atom is -0.453 e. The van der Waals surface area contributed by atoms with Crippen LogP contribution in [0.2, 0.25) is 0 Å². The molecule has 5 nitrogen and oxygen atoms in total. The Morgan fingerprint density at radius 1 is 0.969 bits per heavy atom. The molecule has 0 radical (unpaired) electrons. The largest absolute Gasteiger partial charge is 0.453 e. The van der Waals surface area contributed by atoms with Gasteiger partial charge in [0.2, 0.25) is 0 Å². The van der Waals surface area contributed by atoms with Gasteiger partial charge >= 0.3 is 11.9 Å². The van der Waals surface area contributed by atoms with Gasteiger partial charge in [-0.1, -0.05) is 60.7 Å². The Balaban J connectivity index is 1.44. The Kier molecular flexibility index (Phi) is 5.43. The smallest absolute Gasteiger partial charge is 0.338 e. The first-order chi connectivity index (χ1) is 15.6. The Bertz CT molecular complexity index is 1090. The van der Waals surface area contributed by atoms with E-state index in [2.05, 4.69) is 29.6 Å². The second kappa shape index (κ2) is 8.40. The van der Waals surface area contributed by atoms with Crippen molar-refractivity contribution in [2.45, 2.75) is 50.5 Å². The molecule has 2 bridgehead atoms. The van der Waals surface area contributed by atoms with E-state index in [0.717, 1.165) is 6.42 Å². The van der Waals surface area contributed by atoms with E-state index >= 15 is 0 Å². The van der Waals surface area contributed by atoms with Gasteiger partial charge in [-0.15, -0.1) is 0 Å². The maximum absolute atomic E-state index is 12.9. The highest BCUT2D eigenvalue weighted by Crippen LogP contribution is 2.53. The van der Waals surface area contributed by atoms with Crippen molar-refractivity contribution in [2.75, 3.05) is 0 Å². The van der Waals surface area contributed by atoms with Gasteiger partial charge in [0.05, 0.1) is 17.6 Å². The van der Waals surface area contributed by atoms with Crippen LogP contribution in [0.25, 0.3) is 0 Å². The standard InChI is InChI=1S/C27H27NO4/c1-3-4-10-16(2)26(29)31-24-22-20-15-18-13-8-9-14-19(18)21(20)23(28-22)25(24)32-27(30)17-11-6-5-7-12-17/h3-14,20-25,28H,15H2,1-2H3/b4-3-,16-10+. The maximum atomic E-state index is 12.9. The van der Waals surface area contributed by atoms with Crippen molar-refractivity contribution in [3.8, 4) is 0 Å². The number of esters is 2. The van der Waals surface area contributed by atoms with E-state index in [4.69, 9.17) is 9.47 Å². The molecular formula is C27H27NO4. The summed E-state index contributed by atoms with van der Waals surface area (Å²) in [6.07, 6.45) is 5.29. The van der Waals surface area contributed by atoms with Gasteiger partial charge in [-0.25, -0.2) is 9.59 Å². The molecule has 0 amide bonds. The lowest BCUT2D eigenvalue weighted by Gasteiger charge is -2.35. The summed E-state index contributed by atoms with van der Waals surface area (Å²) < 4.78 is 12.0. The number of fused-ring (bicyclic) bond motifs is 7. The van der Waals surface area contributed by atoms with E-state index in [0.29, 0.717) is 17.1 Å². The number of carbonyl (C=O) groups excluding carboxylic acids is 2. The molecule has 1 aliphatic carbocycles. The van der Waals surface area contributed by atoms with E-state index in [1.54, 1.807) is 25.1 Å². The molecule has 0 spiro atoms. The summed E-state index contributed by atoms with van der Waals surface area (Å²) >= 11 is 0. The summed E-state index contributed by atoms with van der Waals surface area (Å²) in [5.74, 6) is -0.202. The summed E-state index contributed by atoms with van der Waals surface area (Å²) in [5, 5.41) is 3.63. The molecule has 6 atom stereocenters. The summed E-state index contributed by atoms with van der Waals surface area (Å²) in [5.41, 5.74) is 3.66. The van der Waals surface area contributed by atoms with Crippen LogP contribution in [-0.2, 0) is 20.7 Å². The van der Waals surface area contributed by atoms with Gasteiger partial charge in [0.1, 0.15) is 0 Å². The van der Waals surface area contributed by atoms with Gasteiger partial charge in [0.15, 0.2) is 12.2 Å². The monoisotopic (exact) mass is 429 g/mol. The Morgan fingerprint density at radius 2 is 1.69 bits per heavy atom. The molecule has 2 saturated heterocycles. The van der Waals surface area contributed by atoms with Crippen LogP contribution in [0, 0.1) is 5.92 Å². The zero-order valence-corrected chi connectivity index (χ0v) is 18.2. The SMILES string of the molecule is C/C=C\C=C(/C)C(=O)OC1C2NC(C1OC(=O)c1ccccc1)C1c3ccccc3CC21. The zero-order chi connectivity index (χ0) is 22.2. The van der Waals surface area contributed by atoms with Gasteiger partial charge < -0.3 is 14.8 Å². The number of carbonyl (C=O) groups is 2. The van der Waals surface area contributed by atoms with Crippen LogP contribution in [0.5, 0.6) is 0 Å². The molecule has 5 rings (SSSR count). The minimum absolute atomic E-state index is 0.0514. The molecular weight excluding hydrogens is 402 g/mol. The summed E-state index contributed by atoms with van der Waals surface area (Å²) in [6, 6.07) is 17.3. The van der Waals surface area contributed by atoms with Crippen molar-refractivity contribution in [3.05, 3.63) is 95.1 Å². The van der Waals surface area contributed by atoms with Crippen LogP contribution < -0.4 is 5.32 Å². The molecule has 5 heteroatoms. The number of hydrogen-bond donors (Lipinski definition) is 1. The van der Waals surface area contributed by atoms with Gasteiger partial charge in [-0.2, -0.15) is 0 Å². The van der Waals surface area contributed by atoms with Crippen molar-refractivity contribution in [3.63, 3.8) is 0 Å². The highest BCUT2D eigenvalue weighted by molar-refractivity contribution is 5.90. The van der Waals surface area contributed by atoms with Crippen LogP contribution in [0.3, 0.4) is 0 Å². The van der Waals surface area contributed by atoms with Gasteiger partial charge in [0.25, 0.3) is 0 Å². The van der Waals surface area contributed by atoms with Crippen LogP contribution in [-0.4, -0.2) is 36.2 Å². The van der Waals surface area contributed by atoms with Crippen molar-refractivity contribution in [1.82, 2.24) is 5.32 Å². The lowest BCUT2D eigenvalue weighted by molar-refractivity contribution is -0.152. The molecule has 32 heavy (non-hydrogen) atoms. The Morgan fingerprint density at radius 3 is 2.47 bits per heavy atom. The lowest BCUT2D eigenvalue weighted by Crippen LogP contribution is -2.49. The van der Waals surface area contributed by atoms with E-state index in [9.17, 15) is 9.59 Å². The second-order valence-corrected chi connectivity index (χ2v) is 8.79. The first-order valence-electron chi connectivity index (χ1n) is 11.2. The lowest BCUT2D eigenvalue weighted by atomic mass is 9.76. The number of allylic oxidation sites excluding steroid dienone is 3. The molecule has 6 unspecified atom stereocenters. The molecule has 0 saturated carbocycles. The van der Waals surface area contributed by atoms with Crippen molar-refractivity contribution in [2.24, 2.45) is 5.92 Å². The van der Waals surface area contributed by atoms with E-state index in [1.165, 1.54) is 11.1 Å². The van der Waals surface area contributed by atoms with Crippen molar-refractivity contribution < 1.29 is 19.1 Å². The second-order valence-electron chi connectivity index (χ2n) is 8.79. The average molecular weight is 430 g/mol. The maximum Gasteiger partial charge on any atom is 0.338 e. The topological polar surface area (TPSA) is 64.6 Å². The predicted octanol–water partition coefficient (Wildman–Crippen LogP) is 3.96. The fourth-order valence-corrected chi connectivity index (χ4v) is 5.53. The van der Waals surface area contributed by atoms with Crippen molar-refractivity contribution in [1.29, 1.82) is 0 Å². The van der Waals surface area contributed by atoms with Gasteiger partial charge in [0, 0.05) is 11.5 Å². The zero-order valence-electron chi connectivity index (χ0n) is 18.2. The van der Waals surface area contributed by atoms with E-state index in [-0.39, 0.29) is 24.0 Å². The van der Waals surface area contributed by atoms with Crippen LogP contribution >= 0.6 is 0 Å². The third kappa shape index (κ3) is 3.47. The highest BCUT2D eigenvalue weighted by atomic mass is 16.6.